The highest BCUT2D eigenvalue weighted by Crippen LogP contribution is 2.35. The Morgan fingerprint density at radius 3 is 3.05 bits per heavy atom. The lowest BCUT2D eigenvalue weighted by Gasteiger charge is -2.14. The smallest absolute Gasteiger partial charge is 0.219 e. The second-order valence-electron chi connectivity index (χ2n) is 5.82. The molecule has 1 unspecified atom stereocenters. The van der Waals surface area contributed by atoms with Gasteiger partial charge in [-0.3, -0.25) is 4.79 Å². The molecule has 1 atom stereocenters. The van der Waals surface area contributed by atoms with E-state index in [1.165, 1.54) is 16.6 Å². The molecule has 2 aromatic heterocycles. The molecule has 3 rings (SSSR count). The highest BCUT2D eigenvalue weighted by atomic mass is 16.5. The van der Waals surface area contributed by atoms with E-state index in [9.17, 15) is 4.79 Å². The second kappa shape index (κ2) is 5.99. The van der Waals surface area contributed by atoms with Gasteiger partial charge < -0.3 is 10.1 Å². The van der Waals surface area contributed by atoms with E-state index in [1.807, 2.05) is 23.7 Å². The van der Waals surface area contributed by atoms with Crippen molar-refractivity contribution in [3.05, 3.63) is 29.1 Å². The molecule has 0 spiro atoms. The predicted molar refractivity (Wildman–Crippen MR) is 85.5 cm³/mol. The van der Waals surface area contributed by atoms with Gasteiger partial charge in [0, 0.05) is 42.6 Å². The summed E-state index contributed by atoms with van der Waals surface area (Å²) in [6.45, 7) is 7.53. The summed E-state index contributed by atoms with van der Waals surface area (Å²) in [4.78, 5) is 11.5. The van der Waals surface area contributed by atoms with E-state index in [4.69, 9.17) is 9.84 Å². The Balaban J connectivity index is 2.03. The summed E-state index contributed by atoms with van der Waals surface area (Å²) in [5.74, 6) is 1.30. The van der Waals surface area contributed by atoms with Crippen LogP contribution >= 0.6 is 0 Å². The van der Waals surface area contributed by atoms with Gasteiger partial charge >= 0.3 is 0 Å². The third-order valence-electron chi connectivity index (χ3n) is 4.34. The first-order valence-corrected chi connectivity index (χ1v) is 8.08. The van der Waals surface area contributed by atoms with Crippen LogP contribution in [0.25, 0.3) is 5.52 Å². The van der Waals surface area contributed by atoms with Crippen LogP contribution in [0.15, 0.2) is 12.3 Å². The maximum absolute atomic E-state index is 11.5. The van der Waals surface area contributed by atoms with Crippen molar-refractivity contribution >= 4 is 11.4 Å². The highest BCUT2D eigenvalue weighted by molar-refractivity contribution is 5.75. The van der Waals surface area contributed by atoms with Crippen molar-refractivity contribution in [3.63, 3.8) is 0 Å². The molecule has 3 heterocycles. The molecule has 1 aliphatic rings. The molecule has 0 saturated carbocycles. The number of amides is 1. The van der Waals surface area contributed by atoms with E-state index in [-0.39, 0.29) is 11.8 Å². The van der Waals surface area contributed by atoms with Crippen molar-refractivity contribution in [1.29, 1.82) is 0 Å². The average molecular weight is 301 g/mol. The molecule has 0 fully saturated rings. The molecule has 0 aromatic carbocycles. The zero-order valence-corrected chi connectivity index (χ0v) is 13.5. The van der Waals surface area contributed by atoms with Crippen LogP contribution in [-0.2, 0) is 17.6 Å². The minimum Gasteiger partial charge on any atom is -0.493 e. The molecule has 22 heavy (non-hydrogen) atoms. The summed E-state index contributed by atoms with van der Waals surface area (Å²) < 4.78 is 7.66. The topological polar surface area (TPSA) is 55.6 Å². The number of hydrogen-bond donors (Lipinski definition) is 1. The van der Waals surface area contributed by atoms with Crippen molar-refractivity contribution in [2.24, 2.45) is 0 Å². The molecular weight excluding hydrogens is 278 g/mol. The average Bonchev–Trinajstić information content (AvgIpc) is 3.14. The molecule has 2 aromatic rings. The Bertz CT molecular complexity index is 705. The number of hydrogen-bond acceptors (Lipinski definition) is 3. The van der Waals surface area contributed by atoms with Crippen LogP contribution in [0.5, 0.6) is 5.75 Å². The van der Waals surface area contributed by atoms with Gasteiger partial charge in [0.1, 0.15) is 5.75 Å². The summed E-state index contributed by atoms with van der Waals surface area (Å²) >= 11 is 0. The fraction of sp³-hybridized carbons (Fsp3) is 0.529. The summed E-state index contributed by atoms with van der Waals surface area (Å²) in [7, 11) is 0. The summed E-state index contributed by atoms with van der Waals surface area (Å²) in [5.41, 5.74) is 4.78. The van der Waals surface area contributed by atoms with Gasteiger partial charge in [-0.15, -0.1) is 0 Å². The van der Waals surface area contributed by atoms with Gasteiger partial charge in [0.2, 0.25) is 5.91 Å². The number of nitrogens with zero attached hydrogens (tertiary/aromatic N) is 2. The highest BCUT2D eigenvalue weighted by Gasteiger charge is 2.24. The molecule has 118 valence electrons. The van der Waals surface area contributed by atoms with Crippen LogP contribution in [0.4, 0.5) is 0 Å². The Kier molecular flexibility index (Phi) is 4.05. The third-order valence-corrected chi connectivity index (χ3v) is 4.34. The summed E-state index contributed by atoms with van der Waals surface area (Å²) in [6, 6.07) is 2.00. The normalized spacial score (nSPS) is 14.7. The number of ether oxygens (including phenoxy) is 1. The lowest BCUT2D eigenvalue weighted by molar-refractivity contribution is -0.120. The van der Waals surface area contributed by atoms with Gasteiger partial charge in [-0.1, -0.05) is 20.8 Å². The van der Waals surface area contributed by atoms with Crippen molar-refractivity contribution in [2.45, 2.75) is 46.0 Å². The molecule has 1 aliphatic heterocycles. The molecule has 0 saturated heterocycles. The van der Waals surface area contributed by atoms with E-state index in [0.717, 1.165) is 30.9 Å². The lowest BCUT2D eigenvalue weighted by atomic mass is 9.95. The van der Waals surface area contributed by atoms with Gasteiger partial charge in [0.15, 0.2) is 0 Å². The van der Waals surface area contributed by atoms with Gasteiger partial charge in [-0.2, -0.15) is 5.10 Å². The predicted octanol–water partition coefficient (Wildman–Crippen LogP) is 2.46. The Morgan fingerprint density at radius 2 is 2.32 bits per heavy atom. The number of carbonyl (C=O) groups excluding carboxylic acids is 1. The molecule has 5 heteroatoms. The number of rotatable bonds is 5. The molecule has 0 bridgehead atoms. The van der Waals surface area contributed by atoms with E-state index in [0.29, 0.717) is 13.0 Å². The van der Waals surface area contributed by atoms with Crippen molar-refractivity contribution in [1.82, 2.24) is 14.9 Å². The van der Waals surface area contributed by atoms with Gasteiger partial charge in [0.05, 0.1) is 17.8 Å². The maximum Gasteiger partial charge on any atom is 0.219 e. The van der Waals surface area contributed by atoms with E-state index < -0.39 is 0 Å². The van der Waals surface area contributed by atoms with E-state index in [1.54, 1.807) is 0 Å². The SMILES string of the molecule is CCC(=O)NCC(C)c1c(CC)nn2ccc3c(c12)CCO3. The molecule has 5 nitrogen and oxygen atoms in total. The number of carbonyl (C=O) groups is 1. The van der Waals surface area contributed by atoms with Crippen molar-refractivity contribution in [2.75, 3.05) is 13.2 Å². The molecule has 1 N–H and O–H groups in total. The van der Waals surface area contributed by atoms with Crippen LogP contribution in [-0.4, -0.2) is 28.7 Å². The van der Waals surface area contributed by atoms with Crippen LogP contribution in [0.1, 0.15) is 49.9 Å². The minimum absolute atomic E-state index is 0.0925. The quantitative estimate of drug-likeness (QED) is 0.923. The van der Waals surface area contributed by atoms with Crippen LogP contribution in [0, 0.1) is 0 Å². The lowest BCUT2D eigenvalue weighted by Crippen LogP contribution is -2.26. The van der Waals surface area contributed by atoms with Crippen LogP contribution in [0.3, 0.4) is 0 Å². The number of nitrogens with one attached hydrogen (secondary N) is 1. The third kappa shape index (κ3) is 2.45. The standard InChI is InChI=1S/C17H23N3O2/c1-4-13-16(11(3)10-18-15(21)5-2)17-12-7-9-22-14(12)6-8-20(17)19-13/h6,8,11H,4-5,7,9-10H2,1-3H3,(H,18,21). The Hall–Kier alpha value is -2.04. The fourth-order valence-corrected chi connectivity index (χ4v) is 3.17. The zero-order chi connectivity index (χ0) is 15.7. The van der Waals surface area contributed by atoms with E-state index in [2.05, 4.69) is 19.2 Å². The largest absolute Gasteiger partial charge is 0.493 e. The summed E-state index contributed by atoms with van der Waals surface area (Å²) in [6.07, 6.45) is 4.30. The molecule has 0 radical (unpaired) electrons. The molecule has 1 amide bonds. The van der Waals surface area contributed by atoms with Crippen LogP contribution < -0.4 is 10.1 Å². The van der Waals surface area contributed by atoms with Gasteiger partial charge in [-0.25, -0.2) is 4.52 Å². The zero-order valence-electron chi connectivity index (χ0n) is 13.5. The number of aryl methyl sites for hydroxylation is 1. The minimum atomic E-state index is 0.0925. The fourth-order valence-electron chi connectivity index (χ4n) is 3.17. The van der Waals surface area contributed by atoms with Crippen molar-refractivity contribution < 1.29 is 9.53 Å². The molecule has 0 aliphatic carbocycles. The van der Waals surface area contributed by atoms with Gasteiger partial charge in [-0.05, 0) is 12.5 Å². The number of fused-ring (bicyclic) bond motifs is 3. The monoisotopic (exact) mass is 301 g/mol. The second-order valence-corrected chi connectivity index (χ2v) is 5.82. The number of pyridine rings is 1. The van der Waals surface area contributed by atoms with Gasteiger partial charge in [0.25, 0.3) is 0 Å². The Labute approximate surface area is 130 Å². The first kappa shape index (κ1) is 14.9. The Morgan fingerprint density at radius 1 is 1.50 bits per heavy atom. The van der Waals surface area contributed by atoms with Crippen LogP contribution in [0.2, 0.25) is 0 Å². The van der Waals surface area contributed by atoms with Crippen molar-refractivity contribution in [3.8, 4) is 5.75 Å². The van der Waals surface area contributed by atoms with E-state index >= 15 is 0 Å². The first-order valence-electron chi connectivity index (χ1n) is 8.08. The number of aromatic nitrogens is 2. The summed E-state index contributed by atoms with van der Waals surface area (Å²) in [5, 5.41) is 7.72. The maximum atomic E-state index is 11.5. The first-order chi connectivity index (χ1) is 10.7. The molecular formula is C17H23N3O2.